The highest BCUT2D eigenvalue weighted by molar-refractivity contribution is 5.91. The lowest BCUT2D eigenvalue weighted by Gasteiger charge is -2.44. The van der Waals surface area contributed by atoms with Gasteiger partial charge in [-0.3, -0.25) is 0 Å². The second kappa shape index (κ2) is 17.5. The van der Waals surface area contributed by atoms with E-state index in [1.165, 1.54) is 0 Å². The summed E-state index contributed by atoms with van der Waals surface area (Å²) in [4.78, 5) is 53.6. The maximum absolute atomic E-state index is 13.6. The Morgan fingerprint density at radius 2 is 0.980 bits per heavy atom. The molecular weight excluding hydrogens is 628 g/mol. The molecule has 10 heteroatoms. The van der Waals surface area contributed by atoms with Crippen molar-refractivity contribution in [2.24, 2.45) is 0 Å². The quantitative estimate of drug-likeness (QED) is 0.0664. The fraction of sp³-hybridized carbons (Fsp3) is 0.231. The van der Waals surface area contributed by atoms with Gasteiger partial charge >= 0.3 is 23.9 Å². The third-order valence-electron chi connectivity index (χ3n) is 7.57. The second-order valence-corrected chi connectivity index (χ2v) is 11.0. The van der Waals surface area contributed by atoms with Crippen molar-refractivity contribution in [3.8, 4) is 0 Å². The van der Waals surface area contributed by atoms with Gasteiger partial charge < -0.3 is 28.4 Å². The highest BCUT2D eigenvalue weighted by Crippen LogP contribution is 2.32. The lowest BCUT2D eigenvalue weighted by Crippen LogP contribution is -2.63. The van der Waals surface area contributed by atoms with E-state index in [2.05, 4.69) is 6.58 Å². The molecule has 1 aliphatic heterocycles. The number of ether oxygens (including phenoxy) is 6. The summed E-state index contributed by atoms with van der Waals surface area (Å²) in [7, 11) is 0. The van der Waals surface area contributed by atoms with Crippen LogP contribution in [0.25, 0.3) is 0 Å². The van der Waals surface area contributed by atoms with Gasteiger partial charge in [0.1, 0.15) is 12.7 Å². The molecule has 0 spiro atoms. The zero-order valence-electron chi connectivity index (χ0n) is 26.6. The molecule has 0 aromatic heterocycles. The van der Waals surface area contributed by atoms with Crippen LogP contribution in [-0.2, 0) is 28.4 Å². The molecule has 1 heterocycles. The largest absolute Gasteiger partial charge is 0.459 e. The van der Waals surface area contributed by atoms with Gasteiger partial charge in [0.05, 0.1) is 28.9 Å². The molecule has 10 nitrogen and oxygen atoms in total. The SMILES string of the molecule is C=CCCCO[C@@H]1O[C@H](COC(=O)c2ccccc2)[C@H](OC(=O)c2ccccc2)[C@H](OC(=O)c2ccccc2)[C@H]1OC(=O)c1ccccc1. The van der Waals surface area contributed by atoms with E-state index in [0.717, 1.165) is 0 Å². The van der Waals surface area contributed by atoms with Gasteiger partial charge in [0.15, 0.2) is 24.6 Å². The van der Waals surface area contributed by atoms with E-state index in [0.29, 0.717) is 12.8 Å². The number of hydrogen-bond donors (Lipinski definition) is 0. The number of rotatable bonds is 14. The van der Waals surface area contributed by atoms with Gasteiger partial charge in [-0.25, -0.2) is 19.2 Å². The summed E-state index contributed by atoms with van der Waals surface area (Å²) in [6.45, 7) is 3.46. The van der Waals surface area contributed by atoms with Crippen molar-refractivity contribution in [3.63, 3.8) is 0 Å². The number of allylic oxidation sites excluding steroid dienone is 1. The maximum atomic E-state index is 13.6. The Hall–Kier alpha value is -5.58. The van der Waals surface area contributed by atoms with Gasteiger partial charge in [0.25, 0.3) is 0 Å². The van der Waals surface area contributed by atoms with Crippen LogP contribution in [0.2, 0.25) is 0 Å². The minimum atomic E-state index is -1.47. The Bertz CT molecular complexity index is 1680. The van der Waals surface area contributed by atoms with E-state index in [-0.39, 0.29) is 28.9 Å². The van der Waals surface area contributed by atoms with Crippen LogP contribution < -0.4 is 0 Å². The van der Waals surface area contributed by atoms with Crippen molar-refractivity contribution in [1.82, 2.24) is 0 Å². The number of esters is 4. The van der Waals surface area contributed by atoms with Gasteiger partial charge in [-0.05, 0) is 61.4 Å². The van der Waals surface area contributed by atoms with Gasteiger partial charge in [0, 0.05) is 0 Å². The number of unbranched alkanes of at least 4 members (excludes halogenated alkanes) is 1. The molecular formula is C39H36O10. The Kier molecular flexibility index (Phi) is 12.4. The molecule has 1 saturated heterocycles. The van der Waals surface area contributed by atoms with Crippen molar-refractivity contribution in [1.29, 1.82) is 0 Å². The Labute approximate surface area is 284 Å². The van der Waals surface area contributed by atoms with E-state index < -0.39 is 61.2 Å². The summed E-state index contributed by atoms with van der Waals surface area (Å²) in [5.74, 6) is -2.96. The van der Waals surface area contributed by atoms with Crippen LogP contribution >= 0.6 is 0 Å². The van der Waals surface area contributed by atoms with E-state index in [9.17, 15) is 19.2 Å². The van der Waals surface area contributed by atoms with Gasteiger partial charge in [0.2, 0.25) is 0 Å². The third-order valence-corrected chi connectivity index (χ3v) is 7.57. The summed E-state index contributed by atoms with van der Waals surface area (Å²) >= 11 is 0. The molecule has 5 atom stereocenters. The minimum absolute atomic E-state index is 0.153. The Morgan fingerprint density at radius 1 is 0.571 bits per heavy atom. The molecule has 0 aliphatic carbocycles. The fourth-order valence-corrected chi connectivity index (χ4v) is 5.09. The fourth-order valence-electron chi connectivity index (χ4n) is 5.09. The van der Waals surface area contributed by atoms with Crippen molar-refractivity contribution in [3.05, 3.63) is 156 Å². The molecule has 1 fully saturated rings. The first-order valence-corrected chi connectivity index (χ1v) is 15.8. The number of benzene rings is 4. The number of carbonyl (C=O) groups is 4. The van der Waals surface area contributed by atoms with Crippen molar-refractivity contribution < 1.29 is 47.6 Å². The van der Waals surface area contributed by atoms with Crippen molar-refractivity contribution >= 4 is 23.9 Å². The zero-order chi connectivity index (χ0) is 34.4. The van der Waals surface area contributed by atoms with E-state index in [1.54, 1.807) is 127 Å². The zero-order valence-corrected chi connectivity index (χ0v) is 26.6. The smallest absolute Gasteiger partial charge is 0.338 e. The van der Waals surface area contributed by atoms with Crippen molar-refractivity contribution in [2.45, 2.75) is 43.5 Å². The minimum Gasteiger partial charge on any atom is -0.459 e. The lowest BCUT2D eigenvalue weighted by atomic mass is 9.97. The molecule has 0 unspecified atom stereocenters. The van der Waals surface area contributed by atoms with E-state index in [4.69, 9.17) is 28.4 Å². The summed E-state index contributed by atoms with van der Waals surface area (Å²) in [5.41, 5.74) is 0.912. The van der Waals surface area contributed by atoms with Crippen LogP contribution in [0.3, 0.4) is 0 Å². The topological polar surface area (TPSA) is 124 Å². The molecule has 4 aromatic carbocycles. The van der Waals surface area contributed by atoms with Crippen LogP contribution in [0.5, 0.6) is 0 Å². The van der Waals surface area contributed by atoms with E-state index >= 15 is 0 Å². The maximum Gasteiger partial charge on any atom is 0.338 e. The second-order valence-electron chi connectivity index (χ2n) is 11.0. The summed E-state index contributed by atoms with van der Waals surface area (Å²) < 4.78 is 36.0. The Balaban J connectivity index is 1.53. The van der Waals surface area contributed by atoms with E-state index in [1.807, 2.05) is 0 Å². The first-order chi connectivity index (χ1) is 23.9. The van der Waals surface area contributed by atoms with Gasteiger partial charge in [-0.1, -0.05) is 78.9 Å². The lowest BCUT2D eigenvalue weighted by molar-refractivity contribution is -0.298. The van der Waals surface area contributed by atoms with Gasteiger partial charge in [-0.2, -0.15) is 0 Å². The van der Waals surface area contributed by atoms with Crippen LogP contribution in [-0.4, -0.2) is 67.8 Å². The molecule has 49 heavy (non-hydrogen) atoms. The molecule has 1 aliphatic rings. The predicted octanol–water partition coefficient (Wildman–Crippen LogP) is 6.23. The highest BCUT2D eigenvalue weighted by Gasteiger charge is 2.53. The van der Waals surface area contributed by atoms with Crippen LogP contribution in [0.4, 0.5) is 0 Å². The molecule has 252 valence electrons. The van der Waals surface area contributed by atoms with Gasteiger partial charge in [-0.15, -0.1) is 6.58 Å². The van der Waals surface area contributed by atoms with Crippen LogP contribution in [0, 0.1) is 0 Å². The standard InChI is InChI=1S/C39H36O10/c1-2-3-16-25-44-39-34(49-38(43)30-23-14-7-15-24-30)33(48-37(42)29-21-12-6-13-22-29)32(47-36(41)28-19-10-5-11-20-28)31(46-39)26-45-35(40)27-17-8-4-9-18-27/h2,4-15,17-24,31-34,39H,1,3,16,25-26H2/t31-,32+,33+,34-,39-/m1/s1. The van der Waals surface area contributed by atoms with Crippen LogP contribution in [0.15, 0.2) is 134 Å². The number of hydrogen-bond acceptors (Lipinski definition) is 10. The Morgan fingerprint density at radius 3 is 1.43 bits per heavy atom. The van der Waals surface area contributed by atoms with Crippen molar-refractivity contribution in [2.75, 3.05) is 13.2 Å². The average Bonchev–Trinajstić information content (AvgIpc) is 3.15. The molecule has 0 saturated carbocycles. The third kappa shape index (κ3) is 9.50. The normalized spacial score (nSPS) is 20.0. The molecule has 0 amide bonds. The molecule has 0 bridgehead atoms. The summed E-state index contributed by atoms with van der Waals surface area (Å²) in [5, 5.41) is 0. The molecule has 0 N–H and O–H groups in total. The highest BCUT2D eigenvalue weighted by atomic mass is 16.7. The monoisotopic (exact) mass is 664 g/mol. The first-order valence-electron chi connectivity index (χ1n) is 15.8. The van der Waals surface area contributed by atoms with Crippen LogP contribution in [0.1, 0.15) is 54.3 Å². The molecule has 0 radical (unpaired) electrons. The summed E-state index contributed by atoms with van der Waals surface area (Å²) in [6.07, 6.45) is -3.94. The predicted molar refractivity (Wildman–Crippen MR) is 178 cm³/mol. The molecule has 4 aromatic rings. The number of carbonyl (C=O) groups excluding carboxylic acids is 4. The summed E-state index contributed by atoms with van der Waals surface area (Å²) in [6, 6.07) is 32.9. The molecule has 5 rings (SSSR count). The average molecular weight is 665 g/mol. The first kappa shape index (κ1) is 34.7.